The highest BCUT2D eigenvalue weighted by molar-refractivity contribution is 5.73. The minimum absolute atomic E-state index is 0.185. The van der Waals surface area contributed by atoms with Gasteiger partial charge >= 0.3 is 6.03 Å². The van der Waals surface area contributed by atoms with E-state index < -0.39 is 0 Å². The van der Waals surface area contributed by atoms with Crippen LogP contribution < -0.4 is 15.5 Å². The molecule has 122 valence electrons. The van der Waals surface area contributed by atoms with Crippen LogP contribution in [0.2, 0.25) is 0 Å². The lowest BCUT2D eigenvalue weighted by atomic mass is 10.2. The number of pyridine rings is 1. The molecule has 7 heteroatoms. The first-order valence-corrected chi connectivity index (χ1v) is 7.58. The zero-order valence-electron chi connectivity index (χ0n) is 13.3. The lowest BCUT2D eigenvalue weighted by Gasteiger charge is -2.33. The molecule has 7 nitrogen and oxygen atoms in total. The average Bonchev–Trinajstić information content (AvgIpc) is 2.54. The van der Waals surface area contributed by atoms with Crippen LogP contribution in [0, 0.1) is 0 Å². The summed E-state index contributed by atoms with van der Waals surface area (Å²) >= 11 is 0. The predicted octanol–water partition coefficient (Wildman–Crippen LogP) is 0.279. The minimum atomic E-state index is -0.185. The summed E-state index contributed by atoms with van der Waals surface area (Å²) in [7, 11) is 3.74. The molecule has 0 bridgehead atoms. The van der Waals surface area contributed by atoms with Crippen molar-refractivity contribution in [3.8, 4) is 0 Å². The number of aromatic nitrogens is 1. The average molecular weight is 307 g/mol. The van der Waals surface area contributed by atoms with Gasteiger partial charge in [0.05, 0.1) is 6.61 Å². The van der Waals surface area contributed by atoms with Crippen molar-refractivity contribution < 1.29 is 9.53 Å². The molecule has 2 amide bonds. The van der Waals surface area contributed by atoms with E-state index in [0.29, 0.717) is 19.7 Å². The molecular formula is C15H25N5O2. The molecule has 1 fully saturated rings. The Bertz CT molecular complexity index is 475. The molecule has 1 aliphatic heterocycles. The fourth-order valence-electron chi connectivity index (χ4n) is 2.29. The van der Waals surface area contributed by atoms with Gasteiger partial charge in [0.1, 0.15) is 5.82 Å². The molecule has 1 aromatic heterocycles. The quantitative estimate of drug-likeness (QED) is 0.739. The zero-order chi connectivity index (χ0) is 15.8. The Morgan fingerprint density at radius 3 is 2.82 bits per heavy atom. The standard InChI is InChI=1S/C15H25N5O2/c1-19-6-8-20(9-7-19)14-11-13(3-4-16-14)12-18-15(21)17-5-10-22-2/h3-4,11H,5-10,12H2,1-2H3,(H2,17,18,21). The van der Waals surface area contributed by atoms with Crippen LogP contribution in [0.1, 0.15) is 5.56 Å². The maximum Gasteiger partial charge on any atom is 0.315 e. The summed E-state index contributed by atoms with van der Waals surface area (Å²) in [4.78, 5) is 20.6. The number of carbonyl (C=O) groups excluding carboxylic acids is 1. The number of hydrogen-bond donors (Lipinski definition) is 2. The number of nitrogens with one attached hydrogen (secondary N) is 2. The minimum Gasteiger partial charge on any atom is -0.383 e. The number of urea groups is 1. The molecule has 0 aromatic carbocycles. The van der Waals surface area contributed by atoms with Gasteiger partial charge in [0, 0.05) is 52.6 Å². The van der Waals surface area contributed by atoms with Crippen molar-refractivity contribution in [2.24, 2.45) is 0 Å². The topological polar surface area (TPSA) is 69.7 Å². The molecule has 0 saturated carbocycles. The maximum absolute atomic E-state index is 11.6. The monoisotopic (exact) mass is 307 g/mol. The van der Waals surface area contributed by atoms with Crippen molar-refractivity contribution in [2.45, 2.75) is 6.54 Å². The highest BCUT2D eigenvalue weighted by Crippen LogP contribution is 2.14. The molecule has 0 unspecified atom stereocenters. The Kier molecular flexibility index (Phi) is 6.42. The normalized spacial score (nSPS) is 15.6. The summed E-state index contributed by atoms with van der Waals surface area (Å²) in [6, 6.07) is 3.78. The molecule has 0 spiro atoms. The Labute approximate surface area is 131 Å². The smallest absolute Gasteiger partial charge is 0.315 e. The third-order valence-corrected chi connectivity index (χ3v) is 3.68. The van der Waals surface area contributed by atoms with Gasteiger partial charge < -0.3 is 25.2 Å². The van der Waals surface area contributed by atoms with Crippen LogP contribution in [0.3, 0.4) is 0 Å². The summed E-state index contributed by atoms with van der Waals surface area (Å²) in [6.45, 7) is 5.57. The van der Waals surface area contributed by atoms with Crippen LogP contribution >= 0.6 is 0 Å². The van der Waals surface area contributed by atoms with Crippen molar-refractivity contribution in [2.75, 3.05) is 58.4 Å². The van der Waals surface area contributed by atoms with Crippen LogP contribution in [0.15, 0.2) is 18.3 Å². The number of carbonyl (C=O) groups is 1. The van der Waals surface area contributed by atoms with Gasteiger partial charge in [-0.25, -0.2) is 9.78 Å². The summed E-state index contributed by atoms with van der Waals surface area (Å²) in [5, 5.41) is 5.56. The number of piperazine rings is 1. The molecule has 0 atom stereocenters. The number of likely N-dealkylation sites (N-methyl/N-ethyl adjacent to an activating group) is 1. The van der Waals surface area contributed by atoms with Gasteiger partial charge in [0.15, 0.2) is 0 Å². The van der Waals surface area contributed by atoms with Crippen molar-refractivity contribution in [1.82, 2.24) is 20.5 Å². The first-order valence-electron chi connectivity index (χ1n) is 7.58. The van der Waals surface area contributed by atoms with Gasteiger partial charge in [0.2, 0.25) is 0 Å². The van der Waals surface area contributed by atoms with Crippen LogP contribution in [0.5, 0.6) is 0 Å². The zero-order valence-corrected chi connectivity index (χ0v) is 13.3. The highest BCUT2D eigenvalue weighted by Gasteiger charge is 2.15. The number of nitrogens with zero attached hydrogens (tertiary/aromatic N) is 3. The maximum atomic E-state index is 11.6. The second-order valence-corrected chi connectivity index (χ2v) is 5.41. The molecule has 1 aromatic rings. The van der Waals surface area contributed by atoms with Crippen molar-refractivity contribution in [3.05, 3.63) is 23.9 Å². The lowest BCUT2D eigenvalue weighted by molar-refractivity contribution is 0.196. The first kappa shape index (κ1) is 16.5. The largest absolute Gasteiger partial charge is 0.383 e. The van der Waals surface area contributed by atoms with Crippen molar-refractivity contribution in [1.29, 1.82) is 0 Å². The van der Waals surface area contributed by atoms with Gasteiger partial charge in [-0.2, -0.15) is 0 Å². The van der Waals surface area contributed by atoms with E-state index in [4.69, 9.17) is 4.74 Å². The number of anilines is 1. The van der Waals surface area contributed by atoms with Gasteiger partial charge in [-0.15, -0.1) is 0 Å². The fraction of sp³-hybridized carbons (Fsp3) is 0.600. The molecular weight excluding hydrogens is 282 g/mol. The molecule has 2 N–H and O–H groups in total. The van der Waals surface area contributed by atoms with Gasteiger partial charge in [0.25, 0.3) is 0 Å². The summed E-state index contributed by atoms with van der Waals surface area (Å²) in [6.07, 6.45) is 1.80. The Hall–Kier alpha value is -1.86. The second kappa shape index (κ2) is 8.55. The lowest BCUT2D eigenvalue weighted by Crippen LogP contribution is -2.44. The van der Waals surface area contributed by atoms with E-state index in [1.54, 1.807) is 13.3 Å². The van der Waals surface area contributed by atoms with E-state index >= 15 is 0 Å². The first-order chi connectivity index (χ1) is 10.7. The molecule has 2 rings (SSSR count). The Balaban J connectivity index is 1.82. The Morgan fingerprint density at radius 2 is 2.09 bits per heavy atom. The van der Waals surface area contributed by atoms with E-state index in [0.717, 1.165) is 37.6 Å². The van der Waals surface area contributed by atoms with Crippen LogP contribution in [-0.2, 0) is 11.3 Å². The van der Waals surface area contributed by atoms with E-state index in [1.807, 2.05) is 12.1 Å². The highest BCUT2D eigenvalue weighted by atomic mass is 16.5. The molecule has 2 heterocycles. The van der Waals surface area contributed by atoms with E-state index in [2.05, 4.69) is 32.5 Å². The van der Waals surface area contributed by atoms with Crippen LogP contribution in [0.25, 0.3) is 0 Å². The number of amides is 2. The number of ether oxygens (including phenoxy) is 1. The van der Waals surface area contributed by atoms with E-state index in [1.165, 1.54) is 0 Å². The van der Waals surface area contributed by atoms with E-state index in [-0.39, 0.29) is 6.03 Å². The molecule has 0 aliphatic carbocycles. The third-order valence-electron chi connectivity index (χ3n) is 3.68. The number of hydrogen-bond acceptors (Lipinski definition) is 5. The third kappa shape index (κ3) is 5.16. The predicted molar refractivity (Wildman–Crippen MR) is 86.1 cm³/mol. The summed E-state index contributed by atoms with van der Waals surface area (Å²) in [5.41, 5.74) is 1.05. The molecule has 1 aliphatic rings. The van der Waals surface area contributed by atoms with Crippen molar-refractivity contribution in [3.63, 3.8) is 0 Å². The molecule has 0 radical (unpaired) electrons. The number of rotatable bonds is 6. The fourth-order valence-corrected chi connectivity index (χ4v) is 2.29. The molecule has 1 saturated heterocycles. The molecule has 22 heavy (non-hydrogen) atoms. The van der Waals surface area contributed by atoms with Crippen LogP contribution in [-0.4, -0.2) is 69.4 Å². The summed E-state index contributed by atoms with van der Waals surface area (Å²) in [5.74, 6) is 0.979. The van der Waals surface area contributed by atoms with Crippen molar-refractivity contribution >= 4 is 11.8 Å². The summed E-state index contributed by atoms with van der Waals surface area (Å²) < 4.78 is 4.89. The second-order valence-electron chi connectivity index (χ2n) is 5.41. The van der Waals surface area contributed by atoms with Crippen LogP contribution in [0.4, 0.5) is 10.6 Å². The van der Waals surface area contributed by atoms with E-state index in [9.17, 15) is 4.79 Å². The van der Waals surface area contributed by atoms with Gasteiger partial charge in [-0.3, -0.25) is 0 Å². The number of methoxy groups -OCH3 is 1. The van der Waals surface area contributed by atoms with Gasteiger partial charge in [-0.1, -0.05) is 0 Å². The van der Waals surface area contributed by atoms with Gasteiger partial charge in [-0.05, 0) is 24.7 Å². The Morgan fingerprint density at radius 1 is 1.32 bits per heavy atom. The SMILES string of the molecule is COCCNC(=O)NCc1ccnc(N2CCN(C)CC2)c1.